The van der Waals surface area contributed by atoms with Crippen molar-refractivity contribution in [1.29, 1.82) is 0 Å². The molecule has 0 unspecified atom stereocenters. The molecule has 3 nitrogen and oxygen atoms in total. The lowest BCUT2D eigenvalue weighted by Gasteiger charge is -2.36. The maximum atomic E-state index is 12.4. The van der Waals surface area contributed by atoms with Crippen LogP contribution in [-0.4, -0.2) is 43.4 Å². The molecular weight excluding hydrogens is 380 g/mol. The molecule has 160 valence electrons. The molecule has 31 heavy (non-hydrogen) atoms. The molecule has 1 aliphatic heterocycles. The summed E-state index contributed by atoms with van der Waals surface area (Å²) in [6.07, 6.45) is 15.7. The summed E-state index contributed by atoms with van der Waals surface area (Å²) in [5.74, 6) is 0.274. The SMILES string of the molecule is O=C1Cc2ccc(N3CCCN(CC4=CC=CCC45CCCC5)CC3)c3cccc1c23. The molecule has 0 N–H and O–H groups in total. The first-order valence-electron chi connectivity index (χ1n) is 12.1. The first-order chi connectivity index (χ1) is 15.2. The second-order valence-electron chi connectivity index (χ2n) is 10.0. The summed E-state index contributed by atoms with van der Waals surface area (Å²) in [6.45, 7) is 5.57. The molecule has 1 saturated heterocycles. The molecule has 0 amide bonds. The summed E-state index contributed by atoms with van der Waals surface area (Å²) < 4.78 is 0. The van der Waals surface area contributed by atoms with Crippen molar-refractivity contribution >= 4 is 22.2 Å². The molecule has 1 spiro atoms. The predicted octanol–water partition coefficient (Wildman–Crippen LogP) is 5.54. The number of rotatable bonds is 3. The van der Waals surface area contributed by atoms with Crippen LogP contribution < -0.4 is 4.90 Å². The van der Waals surface area contributed by atoms with Gasteiger partial charge in [-0.25, -0.2) is 0 Å². The number of hydrogen-bond acceptors (Lipinski definition) is 3. The molecule has 3 aliphatic carbocycles. The van der Waals surface area contributed by atoms with Gasteiger partial charge in [0.15, 0.2) is 5.78 Å². The number of carbonyl (C=O) groups is 1. The van der Waals surface area contributed by atoms with Crippen molar-refractivity contribution in [1.82, 2.24) is 4.90 Å². The van der Waals surface area contributed by atoms with Crippen LogP contribution in [0.3, 0.4) is 0 Å². The second kappa shape index (κ2) is 7.63. The summed E-state index contributed by atoms with van der Waals surface area (Å²) >= 11 is 0. The Morgan fingerprint density at radius 1 is 0.935 bits per heavy atom. The highest BCUT2D eigenvalue weighted by Gasteiger charge is 2.37. The highest BCUT2D eigenvalue weighted by molar-refractivity contribution is 6.17. The lowest BCUT2D eigenvalue weighted by atomic mass is 9.73. The molecule has 4 aliphatic rings. The number of anilines is 1. The van der Waals surface area contributed by atoms with Crippen LogP contribution in [0.4, 0.5) is 5.69 Å². The van der Waals surface area contributed by atoms with E-state index in [4.69, 9.17) is 0 Å². The van der Waals surface area contributed by atoms with E-state index in [1.54, 1.807) is 5.57 Å². The van der Waals surface area contributed by atoms with Crippen LogP contribution in [0, 0.1) is 5.41 Å². The Morgan fingerprint density at radius 3 is 2.74 bits per heavy atom. The molecule has 0 aromatic heterocycles. The van der Waals surface area contributed by atoms with Gasteiger partial charge in [0.1, 0.15) is 0 Å². The molecule has 2 aromatic rings. The molecule has 2 fully saturated rings. The minimum Gasteiger partial charge on any atom is -0.370 e. The predicted molar refractivity (Wildman–Crippen MR) is 128 cm³/mol. The summed E-state index contributed by atoms with van der Waals surface area (Å²) in [4.78, 5) is 17.6. The Balaban J connectivity index is 1.22. The van der Waals surface area contributed by atoms with Gasteiger partial charge in [0.25, 0.3) is 0 Å². The number of Topliss-reactive ketones (excluding diaryl/α,β-unsaturated/α-hetero) is 1. The average Bonchev–Trinajstić information content (AvgIpc) is 3.30. The van der Waals surface area contributed by atoms with Gasteiger partial charge in [-0.2, -0.15) is 0 Å². The molecule has 1 heterocycles. The van der Waals surface area contributed by atoms with Gasteiger partial charge < -0.3 is 4.90 Å². The fourth-order valence-electron chi connectivity index (χ4n) is 6.58. The highest BCUT2D eigenvalue weighted by Crippen LogP contribution is 2.49. The molecule has 2 aromatic carbocycles. The van der Waals surface area contributed by atoms with E-state index < -0.39 is 0 Å². The fourth-order valence-corrected chi connectivity index (χ4v) is 6.58. The maximum absolute atomic E-state index is 12.4. The minimum absolute atomic E-state index is 0.274. The third-order valence-electron chi connectivity index (χ3n) is 8.26. The van der Waals surface area contributed by atoms with Gasteiger partial charge in [-0.1, -0.05) is 55.3 Å². The number of ketones is 1. The molecule has 0 bridgehead atoms. The molecule has 3 heteroatoms. The van der Waals surface area contributed by atoms with Crippen molar-refractivity contribution in [2.24, 2.45) is 5.41 Å². The van der Waals surface area contributed by atoms with E-state index in [0.717, 1.165) is 31.7 Å². The van der Waals surface area contributed by atoms with Gasteiger partial charge in [-0.05, 0) is 53.7 Å². The van der Waals surface area contributed by atoms with Gasteiger partial charge in [0, 0.05) is 55.8 Å². The van der Waals surface area contributed by atoms with Gasteiger partial charge in [0.2, 0.25) is 0 Å². The zero-order valence-electron chi connectivity index (χ0n) is 18.4. The van der Waals surface area contributed by atoms with Crippen molar-refractivity contribution in [2.45, 2.75) is 44.9 Å². The number of carbonyl (C=O) groups excluding carboxylic acids is 1. The lowest BCUT2D eigenvalue weighted by Crippen LogP contribution is -2.35. The molecular formula is C28H32N2O. The van der Waals surface area contributed by atoms with Gasteiger partial charge in [-0.3, -0.25) is 9.69 Å². The summed E-state index contributed by atoms with van der Waals surface area (Å²) in [6, 6.07) is 10.7. The van der Waals surface area contributed by atoms with Crippen LogP contribution in [0.5, 0.6) is 0 Å². The van der Waals surface area contributed by atoms with Crippen LogP contribution in [-0.2, 0) is 6.42 Å². The smallest absolute Gasteiger partial charge is 0.167 e. The van der Waals surface area contributed by atoms with Gasteiger partial charge >= 0.3 is 0 Å². The maximum Gasteiger partial charge on any atom is 0.167 e. The van der Waals surface area contributed by atoms with Crippen LogP contribution in [0.25, 0.3) is 10.8 Å². The second-order valence-corrected chi connectivity index (χ2v) is 10.0. The van der Waals surface area contributed by atoms with E-state index in [2.05, 4.69) is 52.3 Å². The number of allylic oxidation sites excluding steroid dienone is 3. The van der Waals surface area contributed by atoms with Crippen LogP contribution >= 0.6 is 0 Å². The highest BCUT2D eigenvalue weighted by atomic mass is 16.1. The van der Waals surface area contributed by atoms with E-state index in [9.17, 15) is 4.79 Å². The van der Waals surface area contributed by atoms with Gasteiger partial charge in [0.05, 0.1) is 0 Å². The minimum atomic E-state index is 0.274. The van der Waals surface area contributed by atoms with Crippen molar-refractivity contribution in [2.75, 3.05) is 37.6 Å². The number of nitrogens with zero attached hydrogens (tertiary/aromatic N) is 2. The Kier molecular flexibility index (Phi) is 4.75. The van der Waals surface area contributed by atoms with Crippen molar-refractivity contribution in [3.8, 4) is 0 Å². The van der Waals surface area contributed by atoms with Crippen LogP contribution in [0.2, 0.25) is 0 Å². The Labute approximate surface area is 185 Å². The number of benzene rings is 2. The fraction of sp³-hybridized carbons (Fsp3) is 0.464. The van der Waals surface area contributed by atoms with E-state index in [1.165, 1.54) is 67.1 Å². The summed E-state index contributed by atoms with van der Waals surface area (Å²) in [5, 5.41) is 2.47. The van der Waals surface area contributed by atoms with Crippen molar-refractivity contribution in [3.63, 3.8) is 0 Å². The monoisotopic (exact) mass is 412 g/mol. The largest absolute Gasteiger partial charge is 0.370 e. The molecule has 6 rings (SSSR count). The van der Waals surface area contributed by atoms with E-state index in [0.29, 0.717) is 11.8 Å². The average molecular weight is 413 g/mol. The third kappa shape index (κ3) is 3.25. The zero-order chi connectivity index (χ0) is 20.8. The molecule has 0 atom stereocenters. The van der Waals surface area contributed by atoms with E-state index >= 15 is 0 Å². The van der Waals surface area contributed by atoms with Gasteiger partial charge in [-0.15, -0.1) is 0 Å². The standard InChI is InChI=1S/C28H32N2O/c31-26-19-21-10-11-25(23-8-5-9-24(26)27(21)23)30-16-6-15-29(17-18-30)20-22-7-1-2-12-28(22)13-3-4-14-28/h1-2,5,7-11H,3-4,6,12-20H2. The Bertz CT molecular complexity index is 1090. The normalized spacial score (nSPS) is 23.0. The Morgan fingerprint density at radius 2 is 1.84 bits per heavy atom. The van der Waals surface area contributed by atoms with Crippen molar-refractivity contribution in [3.05, 3.63) is 65.3 Å². The van der Waals surface area contributed by atoms with E-state index in [1.807, 2.05) is 6.07 Å². The van der Waals surface area contributed by atoms with Crippen LogP contribution in [0.1, 0.15) is 54.4 Å². The van der Waals surface area contributed by atoms with E-state index in [-0.39, 0.29) is 5.78 Å². The van der Waals surface area contributed by atoms with Crippen LogP contribution in [0.15, 0.2) is 54.1 Å². The zero-order valence-corrected chi connectivity index (χ0v) is 18.4. The lowest BCUT2D eigenvalue weighted by molar-refractivity contribution is 0.1000. The Hall–Kier alpha value is -2.39. The third-order valence-corrected chi connectivity index (χ3v) is 8.26. The number of hydrogen-bond donors (Lipinski definition) is 0. The first-order valence-corrected chi connectivity index (χ1v) is 12.1. The quantitative estimate of drug-likeness (QED) is 0.661. The van der Waals surface area contributed by atoms with Crippen molar-refractivity contribution < 1.29 is 4.79 Å². The first kappa shape index (κ1) is 19.3. The molecule has 1 saturated carbocycles. The summed E-state index contributed by atoms with van der Waals surface area (Å²) in [5.41, 5.74) is 5.58. The molecule has 0 radical (unpaired) electrons. The summed E-state index contributed by atoms with van der Waals surface area (Å²) in [7, 11) is 0. The topological polar surface area (TPSA) is 23.6 Å².